The average molecular weight is 784 g/mol. The lowest BCUT2D eigenvalue weighted by Gasteiger charge is -2.32. The van der Waals surface area contributed by atoms with Crippen molar-refractivity contribution in [3.8, 4) is 11.6 Å². The van der Waals surface area contributed by atoms with Crippen molar-refractivity contribution in [2.75, 3.05) is 13.2 Å². The number of ketones is 1. The molecule has 14 heteroatoms. The van der Waals surface area contributed by atoms with Gasteiger partial charge in [-0.3, -0.25) is 23.9 Å². The minimum absolute atomic E-state index is 0.0293. The number of hydrogen-bond donors (Lipinski definition) is 1. The van der Waals surface area contributed by atoms with Gasteiger partial charge in [0, 0.05) is 24.4 Å². The Morgan fingerprint density at radius 2 is 1.85 bits per heavy atom. The van der Waals surface area contributed by atoms with Gasteiger partial charge >= 0.3 is 5.97 Å². The van der Waals surface area contributed by atoms with E-state index in [0.29, 0.717) is 42.9 Å². The summed E-state index contributed by atoms with van der Waals surface area (Å²) in [5, 5.41) is 0.389. The van der Waals surface area contributed by atoms with Crippen molar-refractivity contribution in [1.29, 1.82) is 0 Å². The summed E-state index contributed by atoms with van der Waals surface area (Å²) in [7, 11) is -3.88. The molecule has 3 fully saturated rings. The van der Waals surface area contributed by atoms with Crippen LogP contribution in [0, 0.1) is 34.9 Å². The summed E-state index contributed by atoms with van der Waals surface area (Å²) in [6, 6.07) is 3.51. The fourth-order valence-corrected chi connectivity index (χ4v) is 9.60. The summed E-state index contributed by atoms with van der Waals surface area (Å²) in [5.74, 6) is -3.64. The molecular weight excluding hydrogens is 730 g/mol. The number of hydrogen-bond acceptors (Lipinski definition) is 10. The number of carbonyl (C=O) groups is 4. The zero-order chi connectivity index (χ0) is 39.9. The van der Waals surface area contributed by atoms with Crippen LogP contribution in [0.1, 0.15) is 99.3 Å². The highest BCUT2D eigenvalue weighted by atomic mass is 32.2. The first-order valence-electron chi connectivity index (χ1n) is 19.6. The molecule has 4 aliphatic rings. The van der Waals surface area contributed by atoms with E-state index in [1.165, 1.54) is 17.2 Å². The molecule has 300 valence electrons. The second-order valence-electron chi connectivity index (χ2n) is 17.0. The summed E-state index contributed by atoms with van der Waals surface area (Å²) in [4.78, 5) is 62.4. The Kier molecular flexibility index (Phi) is 11.7. The topological polar surface area (TPSA) is 158 Å². The van der Waals surface area contributed by atoms with E-state index >= 15 is 4.39 Å². The van der Waals surface area contributed by atoms with Gasteiger partial charge in [-0.15, -0.1) is 0 Å². The van der Waals surface area contributed by atoms with Crippen molar-refractivity contribution in [2.45, 2.75) is 122 Å². The molecule has 6 rings (SSSR count). The predicted molar refractivity (Wildman–Crippen MR) is 203 cm³/mol. The number of rotatable bonds is 9. The number of Topliss-reactive ketones (excluding diaryl/α,β-unsaturated/α-hetero) is 1. The first kappa shape index (κ1) is 40.6. The van der Waals surface area contributed by atoms with Crippen molar-refractivity contribution in [3.05, 3.63) is 42.4 Å². The number of pyridine rings is 1. The van der Waals surface area contributed by atoms with Gasteiger partial charge in [0.05, 0.1) is 42.2 Å². The third-order valence-corrected chi connectivity index (χ3v) is 13.1. The molecule has 0 radical (unpaired) electrons. The Morgan fingerprint density at radius 3 is 2.55 bits per heavy atom. The Bertz CT molecular complexity index is 1960. The van der Waals surface area contributed by atoms with Crippen LogP contribution in [0.3, 0.4) is 0 Å². The molecule has 12 nitrogen and oxygen atoms in total. The SMILES string of the molecule is CCOc1cc2ccnc(O[C@@H]3C[C@H]4C(=O)C[C@]5(C(=O)NS(=O)(=O)C6CC6)C[C@H]5/C=C\CC[C@H](C)C[C@@H](C)[C@H](CC(=O)OC(C)(C)C)C(=O)N4C3)c2cc1F. The van der Waals surface area contributed by atoms with E-state index in [9.17, 15) is 27.6 Å². The van der Waals surface area contributed by atoms with Crippen LogP contribution in [0.5, 0.6) is 11.6 Å². The summed E-state index contributed by atoms with van der Waals surface area (Å²) in [6.45, 7) is 11.3. The molecule has 2 amide bonds. The quantitative estimate of drug-likeness (QED) is 0.234. The van der Waals surface area contributed by atoms with Crippen molar-refractivity contribution in [2.24, 2.45) is 29.1 Å². The number of esters is 1. The van der Waals surface area contributed by atoms with E-state index in [-0.39, 0.29) is 61.8 Å². The average Bonchev–Trinajstić information content (AvgIpc) is 4.02. The number of carbonyl (C=O) groups excluding carboxylic acids is 4. The molecule has 2 saturated carbocycles. The number of benzene rings is 1. The van der Waals surface area contributed by atoms with Gasteiger partial charge in [-0.25, -0.2) is 17.8 Å². The zero-order valence-electron chi connectivity index (χ0n) is 32.6. The number of sulfonamides is 1. The number of fused-ring (bicyclic) bond motifs is 3. The molecule has 2 aliphatic heterocycles. The molecule has 2 aliphatic carbocycles. The standard InChI is InChI=1S/C41H54FN3O9S/c1-7-52-35-17-26-14-15-43-37(31(26)19-32(35)42)53-28-18-33-34(46)22-41(39(49)44-55(50,51)29-12-13-29)21-27(41)11-9-8-10-24(2)16-25(3)30(38(48)45(33)23-28)20-36(47)54-40(4,5)6/h9,11,14-15,17,19,24-25,27-30,33H,7-8,10,12-13,16,18,20-23H2,1-6H3,(H,44,49)/b11-9-/t24-,25+,27+,28+,30-,33-,41+/m0/s1. The van der Waals surface area contributed by atoms with Crippen molar-refractivity contribution < 1.29 is 46.2 Å². The number of nitrogens with one attached hydrogen (secondary N) is 1. The van der Waals surface area contributed by atoms with Gasteiger partial charge < -0.3 is 19.1 Å². The number of ether oxygens (including phenoxy) is 3. The first-order valence-corrected chi connectivity index (χ1v) is 21.1. The highest BCUT2D eigenvalue weighted by Gasteiger charge is 2.61. The molecule has 1 aromatic heterocycles. The normalized spacial score (nSPS) is 29.7. The van der Waals surface area contributed by atoms with Crippen molar-refractivity contribution in [1.82, 2.24) is 14.6 Å². The largest absolute Gasteiger partial charge is 0.491 e. The van der Waals surface area contributed by atoms with Crippen LogP contribution in [0.25, 0.3) is 10.8 Å². The lowest BCUT2D eigenvalue weighted by atomic mass is 9.82. The van der Waals surface area contributed by atoms with Crippen LogP contribution in [0.15, 0.2) is 36.5 Å². The number of halogens is 1. The lowest BCUT2D eigenvalue weighted by Crippen LogP contribution is -2.47. The van der Waals surface area contributed by atoms with Crippen LogP contribution in [-0.2, 0) is 33.9 Å². The molecule has 1 N–H and O–H groups in total. The number of nitrogens with zero attached hydrogens (tertiary/aromatic N) is 2. The summed E-state index contributed by atoms with van der Waals surface area (Å²) in [5.41, 5.74) is -2.06. The van der Waals surface area contributed by atoms with Gasteiger partial charge in [-0.1, -0.05) is 26.0 Å². The molecular formula is C41H54FN3O9S. The molecule has 7 atom stereocenters. The van der Waals surface area contributed by atoms with Crippen LogP contribution < -0.4 is 14.2 Å². The summed E-state index contributed by atoms with van der Waals surface area (Å²) >= 11 is 0. The predicted octanol–water partition coefficient (Wildman–Crippen LogP) is 6.06. The van der Waals surface area contributed by atoms with Crippen LogP contribution in [-0.4, -0.2) is 78.0 Å². The molecule has 0 unspecified atom stereocenters. The van der Waals surface area contributed by atoms with E-state index in [0.717, 1.165) is 6.42 Å². The zero-order valence-corrected chi connectivity index (χ0v) is 33.5. The molecule has 2 aromatic rings. The van der Waals surface area contributed by atoms with Gasteiger partial charge in [0.2, 0.25) is 27.7 Å². The molecule has 0 spiro atoms. The highest BCUT2D eigenvalue weighted by molar-refractivity contribution is 7.90. The fourth-order valence-electron chi connectivity index (χ4n) is 8.21. The van der Waals surface area contributed by atoms with Crippen LogP contribution >= 0.6 is 0 Å². The van der Waals surface area contributed by atoms with E-state index in [1.807, 2.05) is 19.1 Å². The lowest BCUT2D eigenvalue weighted by molar-refractivity contribution is -0.160. The molecule has 3 heterocycles. The van der Waals surface area contributed by atoms with Crippen molar-refractivity contribution >= 4 is 44.4 Å². The fraction of sp³-hybridized carbons (Fsp3) is 0.634. The van der Waals surface area contributed by atoms with Gasteiger partial charge in [0.25, 0.3) is 0 Å². The van der Waals surface area contributed by atoms with Gasteiger partial charge in [-0.05, 0) is 108 Å². The van der Waals surface area contributed by atoms with Crippen molar-refractivity contribution in [3.63, 3.8) is 0 Å². The smallest absolute Gasteiger partial charge is 0.307 e. The Morgan fingerprint density at radius 1 is 1.11 bits per heavy atom. The van der Waals surface area contributed by atoms with E-state index in [1.54, 1.807) is 39.8 Å². The van der Waals surface area contributed by atoms with E-state index in [2.05, 4.69) is 16.6 Å². The summed E-state index contributed by atoms with van der Waals surface area (Å²) in [6.07, 6.45) is 7.65. The number of amides is 2. The maximum absolute atomic E-state index is 15.0. The highest BCUT2D eigenvalue weighted by Crippen LogP contribution is 2.57. The third-order valence-electron chi connectivity index (χ3n) is 11.3. The summed E-state index contributed by atoms with van der Waals surface area (Å²) < 4.78 is 60.6. The number of aromatic nitrogens is 1. The maximum atomic E-state index is 15.0. The molecule has 1 saturated heterocycles. The second-order valence-corrected chi connectivity index (χ2v) is 19.0. The van der Waals surface area contributed by atoms with Crippen LogP contribution in [0.2, 0.25) is 0 Å². The Hall–Kier alpha value is -4.07. The molecule has 0 bridgehead atoms. The van der Waals surface area contributed by atoms with Gasteiger partial charge in [0.15, 0.2) is 17.3 Å². The maximum Gasteiger partial charge on any atom is 0.307 e. The molecule has 55 heavy (non-hydrogen) atoms. The monoisotopic (exact) mass is 783 g/mol. The third kappa shape index (κ3) is 9.32. The second kappa shape index (κ2) is 15.8. The van der Waals surface area contributed by atoms with E-state index < -0.39 is 73.7 Å². The minimum Gasteiger partial charge on any atom is -0.491 e. The Labute approximate surface area is 323 Å². The molecule has 1 aromatic carbocycles. The van der Waals surface area contributed by atoms with Gasteiger partial charge in [-0.2, -0.15) is 0 Å². The number of allylic oxidation sites excluding steroid dienone is 2. The first-order chi connectivity index (χ1) is 25.9. The van der Waals surface area contributed by atoms with Gasteiger partial charge in [0.1, 0.15) is 11.7 Å². The Balaban J connectivity index is 1.35. The minimum atomic E-state index is -3.88. The van der Waals surface area contributed by atoms with Crippen LogP contribution in [0.4, 0.5) is 4.39 Å². The van der Waals surface area contributed by atoms with E-state index in [4.69, 9.17) is 14.2 Å².